The van der Waals surface area contributed by atoms with Crippen molar-refractivity contribution in [1.29, 1.82) is 0 Å². The molecule has 4 heteroatoms. The summed E-state index contributed by atoms with van der Waals surface area (Å²) < 4.78 is 5.92. The fourth-order valence-corrected chi connectivity index (χ4v) is 5.16. The van der Waals surface area contributed by atoms with Crippen molar-refractivity contribution in [3.05, 3.63) is 115 Å². The third-order valence-corrected chi connectivity index (χ3v) is 6.55. The maximum atomic E-state index is 11.4. The summed E-state index contributed by atoms with van der Waals surface area (Å²) in [5.41, 5.74) is 0.0306. The van der Waals surface area contributed by atoms with Crippen molar-refractivity contribution >= 4 is 16.9 Å². The van der Waals surface area contributed by atoms with Gasteiger partial charge in [-0.2, -0.15) is 0 Å². The van der Waals surface area contributed by atoms with Crippen molar-refractivity contribution in [2.45, 2.75) is 14.7 Å². The summed E-state index contributed by atoms with van der Waals surface area (Å²) in [4.78, 5) is 14.9. The second kappa shape index (κ2) is 8.67. The maximum absolute atomic E-state index is 11.4. The van der Waals surface area contributed by atoms with E-state index in [0.29, 0.717) is 5.75 Å². The number of carbonyl (C=O) groups excluding carboxylic acids is 1. The number of hydrogen-bond acceptors (Lipinski definition) is 3. The van der Waals surface area contributed by atoms with E-state index in [1.807, 2.05) is 54.6 Å². The zero-order valence-electron chi connectivity index (χ0n) is 15.5. The first-order valence-corrected chi connectivity index (χ1v) is 10.4. The highest BCUT2D eigenvalue weighted by Crippen LogP contribution is 2.34. The summed E-state index contributed by atoms with van der Waals surface area (Å²) in [6.45, 7) is 0. The van der Waals surface area contributed by atoms with E-state index in [0.717, 1.165) is 4.90 Å². The largest absolute Gasteiger partial charge is 0.545 e. The van der Waals surface area contributed by atoms with Crippen molar-refractivity contribution in [1.82, 2.24) is 0 Å². The highest BCUT2D eigenvalue weighted by atomic mass is 32.2. The first-order valence-electron chi connectivity index (χ1n) is 9.15. The van der Waals surface area contributed by atoms with Crippen LogP contribution in [0.3, 0.4) is 0 Å². The van der Waals surface area contributed by atoms with E-state index in [2.05, 4.69) is 30.3 Å². The molecular weight excluding hydrogens is 380 g/mol. The topological polar surface area (TPSA) is 49.4 Å². The number of carboxylic acids is 1. The molecule has 0 radical (unpaired) electrons. The lowest BCUT2D eigenvalue weighted by atomic mass is 10.2. The van der Waals surface area contributed by atoms with E-state index < -0.39 is 5.97 Å². The molecule has 142 valence electrons. The minimum atomic E-state index is -1.26. The predicted octanol–water partition coefficient (Wildman–Crippen LogP) is 4.94. The van der Waals surface area contributed by atoms with E-state index in [9.17, 15) is 9.90 Å². The molecule has 0 amide bonds. The van der Waals surface area contributed by atoms with Crippen LogP contribution in [0.15, 0.2) is 124 Å². The van der Waals surface area contributed by atoms with Gasteiger partial charge >= 0.3 is 0 Å². The highest BCUT2D eigenvalue weighted by Gasteiger charge is 2.28. The van der Waals surface area contributed by atoms with Crippen molar-refractivity contribution in [3.63, 3.8) is 0 Å². The Morgan fingerprint density at radius 2 is 1.21 bits per heavy atom. The normalized spacial score (nSPS) is 10.7. The van der Waals surface area contributed by atoms with E-state index in [1.165, 1.54) is 15.9 Å². The number of benzene rings is 4. The Morgan fingerprint density at radius 3 is 1.83 bits per heavy atom. The average molecular weight is 398 g/mol. The summed E-state index contributed by atoms with van der Waals surface area (Å²) in [7, 11) is -0.306. The Bertz CT molecular complexity index is 1070. The first kappa shape index (κ1) is 18.8. The van der Waals surface area contributed by atoms with Gasteiger partial charge < -0.3 is 14.6 Å². The Morgan fingerprint density at radius 1 is 0.655 bits per heavy atom. The van der Waals surface area contributed by atoms with Gasteiger partial charge in [0, 0.05) is 11.6 Å². The van der Waals surface area contributed by atoms with Crippen LogP contribution >= 0.6 is 0 Å². The number of carbonyl (C=O) groups is 1. The summed E-state index contributed by atoms with van der Waals surface area (Å²) in [6, 6.07) is 34.9. The molecule has 4 aromatic carbocycles. The maximum Gasteiger partial charge on any atom is 0.170 e. The summed E-state index contributed by atoms with van der Waals surface area (Å²) in [6.07, 6.45) is 0. The van der Waals surface area contributed by atoms with Crippen LogP contribution in [0.1, 0.15) is 10.4 Å². The lowest BCUT2D eigenvalue weighted by Crippen LogP contribution is -2.22. The lowest BCUT2D eigenvalue weighted by Gasteiger charge is -2.13. The Hall–Kier alpha value is -3.50. The Balaban J connectivity index is 1.74. The van der Waals surface area contributed by atoms with Crippen LogP contribution in [0.2, 0.25) is 0 Å². The lowest BCUT2D eigenvalue weighted by molar-refractivity contribution is -0.255. The zero-order valence-corrected chi connectivity index (χ0v) is 16.3. The number of ether oxygens (including phenoxy) is 1. The number of para-hydroxylation sites is 1. The van der Waals surface area contributed by atoms with E-state index in [4.69, 9.17) is 4.74 Å². The SMILES string of the molecule is O=C([O-])c1ccccc1Oc1cccc([S+](c2ccccc2)c2ccccc2)c1. The van der Waals surface area contributed by atoms with Crippen molar-refractivity contribution in [2.24, 2.45) is 0 Å². The fourth-order valence-electron chi connectivity index (χ4n) is 3.04. The van der Waals surface area contributed by atoms with Gasteiger partial charge in [0.15, 0.2) is 14.7 Å². The smallest absolute Gasteiger partial charge is 0.170 e. The highest BCUT2D eigenvalue weighted by molar-refractivity contribution is 7.97. The van der Waals surface area contributed by atoms with Gasteiger partial charge in [-0.05, 0) is 48.5 Å². The monoisotopic (exact) mass is 398 g/mol. The van der Waals surface area contributed by atoms with Gasteiger partial charge in [0.25, 0.3) is 0 Å². The molecule has 0 fully saturated rings. The van der Waals surface area contributed by atoms with Crippen LogP contribution in [0.25, 0.3) is 0 Å². The molecule has 3 nitrogen and oxygen atoms in total. The van der Waals surface area contributed by atoms with Crippen molar-refractivity contribution < 1.29 is 14.6 Å². The molecule has 0 N–H and O–H groups in total. The van der Waals surface area contributed by atoms with E-state index >= 15 is 0 Å². The molecule has 0 saturated carbocycles. The minimum Gasteiger partial charge on any atom is -0.545 e. The first-order chi connectivity index (χ1) is 14.2. The summed E-state index contributed by atoms with van der Waals surface area (Å²) in [5, 5.41) is 11.4. The zero-order chi connectivity index (χ0) is 20.1. The molecule has 0 heterocycles. The molecular formula is C25H18O3S. The van der Waals surface area contributed by atoms with Gasteiger partial charge in [-0.25, -0.2) is 0 Å². The number of carboxylic acid groups (broad SMARTS) is 1. The second-order valence-electron chi connectivity index (χ2n) is 6.29. The molecule has 0 spiro atoms. The van der Waals surface area contributed by atoms with Crippen molar-refractivity contribution in [2.75, 3.05) is 0 Å². The molecule has 0 unspecified atom stereocenters. The van der Waals surface area contributed by atoms with Crippen LogP contribution in [0.5, 0.6) is 11.5 Å². The van der Waals surface area contributed by atoms with Gasteiger partial charge in [-0.3, -0.25) is 0 Å². The summed E-state index contributed by atoms with van der Waals surface area (Å²) in [5.74, 6) is -0.408. The molecule has 0 aromatic heterocycles. The van der Waals surface area contributed by atoms with Crippen LogP contribution < -0.4 is 9.84 Å². The second-order valence-corrected chi connectivity index (χ2v) is 8.32. The number of aromatic carboxylic acids is 1. The van der Waals surface area contributed by atoms with Gasteiger partial charge in [-0.1, -0.05) is 54.6 Å². The van der Waals surface area contributed by atoms with Crippen LogP contribution in [0, 0.1) is 0 Å². The molecule has 0 aliphatic carbocycles. The van der Waals surface area contributed by atoms with Gasteiger partial charge in [0.1, 0.15) is 11.5 Å². The third kappa shape index (κ3) is 4.33. The van der Waals surface area contributed by atoms with Crippen LogP contribution in [-0.4, -0.2) is 5.97 Å². The predicted molar refractivity (Wildman–Crippen MR) is 112 cm³/mol. The molecule has 0 aliphatic heterocycles. The molecule has 0 saturated heterocycles. The van der Waals surface area contributed by atoms with E-state index in [1.54, 1.807) is 18.2 Å². The molecule has 0 atom stereocenters. The fraction of sp³-hybridized carbons (Fsp3) is 0. The molecule has 0 aliphatic rings. The van der Waals surface area contributed by atoms with Crippen LogP contribution in [0.4, 0.5) is 0 Å². The van der Waals surface area contributed by atoms with Crippen LogP contribution in [-0.2, 0) is 10.9 Å². The van der Waals surface area contributed by atoms with Crippen molar-refractivity contribution in [3.8, 4) is 11.5 Å². The number of rotatable bonds is 6. The molecule has 0 bridgehead atoms. The number of hydrogen-bond donors (Lipinski definition) is 0. The van der Waals surface area contributed by atoms with Gasteiger partial charge in [0.2, 0.25) is 0 Å². The third-order valence-electron chi connectivity index (χ3n) is 4.33. The molecule has 4 rings (SSSR count). The quantitative estimate of drug-likeness (QED) is 0.432. The van der Waals surface area contributed by atoms with E-state index in [-0.39, 0.29) is 22.2 Å². The molecule has 29 heavy (non-hydrogen) atoms. The molecule has 4 aromatic rings. The van der Waals surface area contributed by atoms with Gasteiger partial charge in [-0.15, -0.1) is 0 Å². The summed E-state index contributed by atoms with van der Waals surface area (Å²) >= 11 is 0. The Kier molecular flexibility index (Phi) is 5.63. The standard InChI is InChI=1S/C25H18O3S/c26-25(27)23-16-7-8-17-24(23)28-19-10-9-15-22(18-19)29(20-11-3-1-4-12-20)21-13-5-2-6-14-21/h1-18H. The average Bonchev–Trinajstić information content (AvgIpc) is 2.76. The Labute approximate surface area is 172 Å². The minimum absolute atomic E-state index is 0.0306. The van der Waals surface area contributed by atoms with Gasteiger partial charge in [0.05, 0.1) is 16.9 Å².